The summed E-state index contributed by atoms with van der Waals surface area (Å²) in [7, 11) is 0. The number of benzene rings is 1. The Hall–Kier alpha value is -0.540. The van der Waals surface area contributed by atoms with Crippen molar-refractivity contribution >= 4 is 15.9 Å². The number of fused-ring (bicyclic) bond motifs is 1. The van der Waals surface area contributed by atoms with Crippen LogP contribution in [0.3, 0.4) is 0 Å². The molecule has 1 aliphatic heterocycles. The van der Waals surface area contributed by atoms with E-state index in [1.807, 2.05) is 6.07 Å². The molecule has 3 unspecified atom stereocenters. The van der Waals surface area contributed by atoms with Gasteiger partial charge in [0.2, 0.25) is 0 Å². The molecule has 104 valence electrons. The third-order valence-corrected chi connectivity index (χ3v) is 5.28. The fourth-order valence-corrected chi connectivity index (χ4v) is 4.51. The monoisotopic (exact) mass is 323 g/mol. The Morgan fingerprint density at radius 2 is 2.05 bits per heavy atom. The van der Waals surface area contributed by atoms with E-state index in [9.17, 15) is 0 Å². The van der Waals surface area contributed by atoms with Crippen LogP contribution in [0.4, 0.5) is 0 Å². The molecule has 1 heterocycles. The third-order valence-electron chi connectivity index (χ3n) is 4.78. The molecule has 3 heteroatoms. The Morgan fingerprint density at radius 3 is 2.68 bits per heavy atom. The summed E-state index contributed by atoms with van der Waals surface area (Å²) in [5.41, 5.74) is 7.84. The second kappa shape index (κ2) is 4.23. The van der Waals surface area contributed by atoms with Crippen molar-refractivity contribution in [2.24, 2.45) is 17.1 Å². The molecule has 1 aliphatic carbocycles. The lowest BCUT2D eigenvalue weighted by molar-refractivity contribution is 0.00180. The fourth-order valence-electron chi connectivity index (χ4n) is 4.13. The van der Waals surface area contributed by atoms with Crippen molar-refractivity contribution in [1.29, 1.82) is 0 Å². The first kappa shape index (κ1) is 13.4. The molecule has 2 N–H and O–H groups in total. The second-order valence-electron chi connectivity index (χ2n) is 7.11. The van der Waals surface area contributed by atoms with Gasteiger partial charge < -0.3 is 10.5 Å². The molecule has 1 spiro atoms. The predicted molar refractivity (Wildman–Crippen MR) is 81.2 cm³/mol. The molecule has 1 aromatic carbocycles. The average molecular weight is 324 g/mol. The third kappa shape index (κ3) is 2.21. The number of hydrogen-bond donors (Lipinski definition) is 1. The summed E-state index contributed by atoms with van der Waals surface area (Å²) in [4.78, 5) is 0. The number of rotatable bonds is 0. The molecule has 0 bridgehead atoms. The van der Waals surface area contributed by atoms with Gasteiger partial charge in [-0.1, -0.05) is 36.7 Å². The van der Waals surface area contributed by atoms with Gasteiger partial charge in [0, 0.05) is 22.5 Å². The van der Waals surface area contributed by atoms with Crippen LogP contribution in [0.1, 0.15) is 51.6 Å². The van der Waals surface area contributed by atoms with E-state index < -0.39 is 0 Å². The zero-order chi connectivity index (χ0) is 13.8. The van der Waals surface area contributed by atoms with E-state index in [4.69, 9.17) is 10.5 Å². The van der Waals surface area contributed by atoms with Crippen molar-refractivity contribution in [2.45, 2.75) is 51.7 Å². The summed E-state index contributed by atoms with van der Waals surface area (Å²) in [6.45, 7) is 6.99. The molecule has 0 radical (unpaired) electrons. The lowest BCUT2D eigenvalue weighted by atomic mass is 9.80. The van der Waals surface area contributed by atoms with Gasteiger partial charge in [-0.15, -0.1) is 0 Å². The van der Waals surface area contributed by atoms with E-state index >= 15 is 0 Å². The van der Waals surface area contributed by atoms with E-state index in [0.29, 0.717) is 11.3 Å². The summed E-state index contributed by atoms with van der Waals surface area (Å²) in [6.07, 6.45) is 3.25. The maximum Gasteiger partial charge on any atom is 0.125 e. The van der Waals surface area contributed by atoms with Crippen LogP contribution in [0.25, 0.3) is 0 Å². The predicted octanol–water partition coefficient (Wildman–Crippen LogP) is 4.43. The van der Waals surface area contributed by atoms with Crippen LogP contribution in [0, 0.1) is 11.3 Å². The molecule has 0 saturated heterocycles. The van der Waals surface area contributed by atoms with Crippen molar-refractivity contribution < 1.29 is 4.74 Å². The van der Waals surface area contributed by atoms with Crippen LogP contribution >= 0.6 is 15.9 Å². The van der Waals surface area contributed by atoms with Gasteiger partial charge in [-0.3, -0.25) is 0 Å². The number of hydrogen-bond acceptors (Lipinski definition) is 2. The fraction of sp³-hybridized carbons (Fsp3) is 0.625. The molecule has 3 atom stereocenters. The van der Waals surface area contributed by atoms with Gasteiger partial charge in [-0.2, -0.15) is 0 Å². The van der Waals surface area contributed by atoms with Crippen molar-refractivity contribution in [2.75, 3.05) is 0 Å². The standard InChI is InChI=1S/C16H22BrNO/c1-10-7-15(2,3)9-16(10)8-13(18)12-6-11(17)4-5-14(12)19-16/h4-6,10,13H,7-9,18H2,1-3H3. The smallest absolute Gasteiger partial charge is 0.125 e. The molecule has 3 rings (SSSR count). The van der Waals surface area contributed by atoms with Gasteiger partial charge in [0.1, 0.15) is 11.4 Å². The average Bonchev–Trinajstić information content (AvgIpc) is 2.49. The van der Waals surface area contributed by atoms with Crippen molar-refractivity contribution in [3.63, 3.8) is 0 Å². The Morgan fingerprint density at radius 1 is 1.32 bits per heavy atom. The first-order chi connectivity index (χ1) is 8.81. The van der Waals surface area contributed by atoms with Crippen LogP contribution in [0.15, 0.2) is 22.7 Å². The number of nitrogens with two attached hydrogens (primary N) is 1. The molecule has 19 heavy (non-hydrogen) atoms. The summed E-state index contributed by atoms with van der Waals surface area (Å²) in [5, 5.41) is 0. The highest BCUT2D eigenvalue weighted by molar-refractivity contribution is 9.10. The van der Waals surface area contributed by atoms with E-state index in [1.54, 1.807) is 0 Å². The van der Waals surface area contributed by atoms with Crippen LogP contribution in [-0.4, -0.2) is 5.60 Å². The number of halogens is 1. The molecule has 1 saturated carbocycles. The minimum atomic E-state index is -0.0657. The topological polar surface area (TPSA) is 35.2 Å². The SMILES string of the molecule is CC1CC(C)(C)CC12CC(N)c1cc(Br)ccc1O2. The minimum absolute atomic E-state index is 0.0657. The van der Waals surface area contributed by atoms with E-state index in [0.717, 1.165) is 28.6 Å². The highest BCUT2D eigenvalue weighted by Gasteiger charge is 2.53. The summed E-state index contributed by atoms with van der Waals surface area (Å²) in [6, 6.07) is 6.27. The van der Waals surface area contributed by atoms with Gasteiger partial charge in [0.15, 0.2) is 0 Å². The Balaban J connectivity index is 1.99. The summed E-state index contributed by atoms with van der Waals surface area (Å²) >= 11 is 3.51. The molecule has 2 nitrogen and oxygen atoms in total. The van der Waals surface area contributed by atoms with Crippen LogP contribution < -0.4 is 10.5 Å². The maximum absolute atomic E-state index is 6.45. The molecular weight excluding hydrogens is 302 g/mol. The molecule has 0 aromatic heterocycles. The highest BCUT2D eigenvalue weighted by atomic mass is 79.9. The largest absolute Gasteiger partial charge is 0.487 e. The highest BCUT2D eigenvalue weighted by Crippen LogP contribution is 2.55. The lowest BCUT2D eigenvalue weighted by Crippen LogP contribution is -2.45. The second-order valence-corrected chi connectivity index (χ2v) is 8.02. The van der Waals surface area contributed by atoms with E-state index in [1.165, 1.54) is 6.42 Å². The zero-order valence-corrected chi connectivity index (χ0v) is 13.5. The Bertz CT molecular complexity index is 513. The molecule has 2 aliphatic rings. The summed E-state index contributed by atoms with van der Waals surface area (Å²) in [5.74, 6) is 1.54. The molecular formula is C16H22BrNO. The lowest BCUT2D eigenvalue weighted by Gasteiger charge is -2.42. The minimum Gasteiger partial charge on any atom is -0.487 e. The molecule has 1 aromatic rings. The van der Waals surface area contributed by atoms with E-state index in [2.05, 4.69) is 48.8 Å². The van der Waals surface area contributed by atoms with Gasteiger partial charge in [0.05, 0.1) is 0 Å². The van der Waals surface area contributed by atoms with Gasteiger partial charge in [-0.05, 0) is 42.4 Å². The first-order valence-corrected chi connectivity index (χ1v) is 7.85. The normalized spacial score (nSPS) is 36.1. The van der Waals surface area contributed by atoms with Crippen LogP contribution in [0.2, 0.25) is 0 Å². The van der Waals surface area contributed by atoms with Crippen LogP contribution in [-0.2, 0) is 0 Å². The first-order valence-electron chi connectivity index (χ1n) is 7.05. The summed E-state index contributed by atoms with van der Waals surface area (Å²) < 4.78 is 7.52. The number of ether oxygens (including phenoxy) is 1. The van der Waals surface area contributed by atoms with Crippen molar-refractivity contribution in [3.05, 3.63) is 28.2 Å². The molecule has 0 amide bonds. The quantitative estimate of drug-likeness (QED) is 0.766. The Labute approximate surface area is 123 Å². The Kier molecular flexibility index (Phi) is 2.99. The van der Waals surface area contributed by atoms with Crippen molar-refractivity contribution in [3.8, 4) is 5.75 Å². The van der Waals surface area contributed by atoms with Crippen molar-refractivity contribution in [1.82, 2.24) is 0 Å². The van der Waals surface area contributed by atoms with E-state index in [-0.39, 0.29) is 11.6 Å². The van der Waals surface area contributed by atoms with Gasteiger partial charge in [0.25, 0.3) is 0 Å². The molecule has 1 fully saturated rings. The maximum atomic E-state index is 6.45. The van der Waals surface area contributed by atoms with Gasteiger partial charge in [-0.25, -0.2) is 0 Å². The zero-order valence-electron chi connectivity index (χ0n) is 11.9. The van der Waals surface area contributed by atoms with Gasteiger partial charge >= 0.3 is 0 Å². The van der Waals surface area contributed by atoms with Crippen LogP contribution in [0.5, 0.6) is 5.75 Å².